The molecule has 0 unspecified atom stereocenters. The summed E-state index contributed by atoms with van der Waals surface area (Å²) in [5.74, 6) is 0.799. The van der Waals surface area contributed by atoms with E-state index in [-0.39, 0.29) is 0 Å². The highest BCUT2D eigenvalue weighted by Crippen LogP contribution is 2.08. The van der Waals surface area contributed by atoms with Gasteiger partial charge in [0.1, 0.15) is 6.26 Å². The zero-order valence-electron chi connectivity index (χ0n) is 4.76. The van der Waals surface area contributed by atoms with Crippen LogP contribution >= 0.6 is 0 Å². The third-order valence-electron chi connectivity index (χ3n) is 0.806. The summed E-state index contributed by atoms with van der Waals surface area (Å²) in [4.78, 5) is 0. The summed E-state index contributed by atoms with van der Waals surface area (Å²) < 4.78 is 9.79. The number of hydrogen-bond donors (Lipinski definition) is 0. The SMILES string of the molecule is CCOc1ccoc1. The molecule has 1 aromatic rings. The number of rotatable bonds is 2. The minimum absolute atomic E-state index is 0.694. The molecular formula is C6H8O2. The molecule has 1 heterocycles. The summed E-state index contributed by atoms with van der Waals surface area (Å²) in [6.07, 6.45) is 3.16. The molecule has 44 valence electrons. The fraction of sp³-hybridized carbons (Fsp3) is 0.333. The van der Waals surface area contributed by atoms with Crippen LogP contribution in [0.5, 0.6) is 5.75 Å². The van der Waals surface area contributed by atoms with Gasteiger partial charge in [-0.3, -0.25) is 0 Å². The summed E-state index contributed by atoms with van der Waals surface area (Å²) in [5, 5.41) is 0. The summed E-state index contributed by atoms with van der Waals surface area (Å²) in [6.45, 7) is 2.63. The van der Waals surface area contributed by atoms with Crippen LogP contribution in [0.15, 0.2) is 23.0 Å². The predicted molar refractivity (Wildman–Crippen MR) is 29.9 cm³/mol. The average molecular weight is 112 g/mol. The topological polar surface area (TPSA) is 22.4 Å². The maximum absolute atomic E-state index is 5.05. The van der Waals surface area contributed by atoms with Gasteiger partial charge in [-0.05, 0) is 6.92 Å². The Balaban J connectivity index is 2.50. The van der Waals surface area contributed by atoms with Gasteiger partial charge in [0.2, 0.25) is 0 Å². The van der Waals surface area contributed by atoms with Crippen LogP contribution in [0.2, 0.25) is 0 Å². The first-order chi connectivity index (χ1) is 3.93. The van der Waals surface area contributed by atoms with Gasteiger partial charge in [-0.25, -0.2) is 0 Å². The van der Waals surface area contributed by atoms with Gasteiger partial charge >= 0.3 is 0 Å². The first-order valence-electron chi connectivity index (χ1n) is 2.58. The molecule has 0 aromatic carbocycles. The molecule has 0 aliphatic rings. The van der Waals surface area contributed by atoms with Gasteiger partial charge in [0, 0.05) is 6.07 Å². The molecule has 1 rings (SSSR count). The van der Waals surface area contributed by atoms with Crippen molar-refractivity contribution in [1.29, 1.82) is 0 Å². The van der Waals surface area contributed by atoms with Crippen molar-refractivity contribution in [1.82, 2.24) is 0 Å². The van der Waals surface area contributed by atoms with Crippen LogP contribution < -0.4 is 4.74 Å². The average Bonchev–Trinajstić information content (AvgIpc) is 2.19. The Labute approximate surface area is 48.1 Å². The molecular weight excluding hydrogens is 104 g/mol. The van der Waals surface area contributed by atoms with Crippen molar-refractivity contribution in [3.05, 3.63) is 18.6 Å². The fourth-order valence-electron chi connectivity index (χ4n) is 0.501. The lowest BCUT2D eigenvalue weighted by Crippen LogP contribution is -1.87. The molecule has 0 bridgehead atoms. The van der Waals surface area contributed by atoms with Crippen LogP contribution in [0.25, 0.3) is 0 Å². The molecule has 0 fully saturated rings. The molecule has 0 atom stereocenters. The third-order valence-corrected chi connectivity index (χ3v) is 0.806. The largest absolute Gasteiger partial charge is 0.491 e. The van der Waals surface area contributed by atoms with E-state index in [1.54, 1.807) is 18.6 Å². The lowest BCUT2D eigenvalue weighted by molar-refractivity contribution is 0.335. The molecule has 2 nitrogen and oxygen atoms in total. The van der Waals surface area contributed by atoms with E-state index in [4.69, 9.17) is 9.15 Å². The van der Waals surface area contributed by atoms with Crippen molar-refractivity contribution >= 4 is 0 Å². The van der Waals surface area contributed by atoms with Gasteiger partial charge < -0.3 is 9.15 Å². The first kappa shape index (κ1) is 5.22. The van der Waals surface area contributed by atoms with Crippen molar-refractivity contribution in [2.75, 3.05) is 6.61 Å². The minimum atomic E-state index is 0.694. The van der Waals surface area contributed by atoms with E-state index in [0.29, 0.717) is 6.61 Å². The Morgan fingerprint density at radius 2 is 2.62 bits per heavy atom. The van der Waals surface area contributed by atoms with Crippen molar-refractivity contribution in [2.45, 2.75) is 6.92 Å². The number of furan rings is 1. The highest BCUT2D eigenvalue weighted by Gasteiger charge is 1.87. The maximum Gasteiger partial charge on any atom is 0.157 e. The lowest BCUT2D eigenvalue weighted by atomic mass is 10.6. The highest BCUT2D eigenvalue weighted by atomic mass is 16.5. The number of hydrogen-bond acceptors (Lipinski definition) is 2. The monoisotopic (exact) mass is 112 g/mol. The summed E-state index contributed by atoms with van der Waals surface area (Å²) in [6, 6.07) is 1.78. The standard InChI is InChI=1S/C6H8O2/c1-2-8-6-3-4-7-5-6/h3-5H,2H2,1H3. The van der Waals surface area contributed by atoms with Crippen molar-refractivity contribution in [2.24, 2.45) is 0 Å². The predicted octanol–water partition coefficient (Wildman–Crippen LogP) is 1.68. The highest BCUT2D eigenvalue weighted by molar-refractivity contribution is 5.12. The van der Waals surface area contributed by atoms with Gasteiger partial charge in [0.15, 0.2) is 5.75 Å². The molecule has 0 saturated carbocycles. The van der Waals surface area contributed by atoms with Crippen molar-refractivity contribution < 1.29 is 9.15 Å². The van der Waals surface area contributed by atoms with Gasteiger partial charge in [-0.15, -0.1) is 0 Å². The lowest BCUT2D eigenvalue weighted by Gasteiger charge is -1.93. The smallest absolute Gasteiger partial charge is 0.157 e. The van der Waals surface area contributed by atoms with Crippen LogP contribution in [0.4, 0.5) is 0 Å². The summed E-state index contributed by atoms with van der Waals surface area (Å²) in [7, 11) is 0. The van der Waals surface area contributed by atoms with Crippen LogP contribution in [0.3, 0.4) is 0 Å². The van der Waals surface area contributed by atoms with Gasteiger partial charge in [0.05, 0.1) is 12.9 Å². The van der Waals surface area contributed by atoms with Crippen LogP contribution in [0.1, 0.15) is 6.92 Å². The second-order valence-electron chi connectivity index (χ2n) is 1.39. The van der Waals surface area contributed by atoms with E-state index < -0.39 is 0 Å². The maximum atomic E-state index is 5.05. The number of ether oxygens (including phenoxy) is 1. The Morgan fingerprint density at radius 3 is 3.12 bits per heavy atom. The van der Waals surface area contributed by atoms with E-state index in [0.717, 1.165) is 5.75 Å². The third kappa shape index (κ3) is 1.03. The van der Waals surface area contributed by atoms with Gasteiger partial charge in [-0.2, -0.15) is 0 Å². The minimum Gasteiger partial charge on any atom is -0.491 e. The molecule has 0 N–H and O–H groups in total. The molecule has 2 heteroatoms. The zero-order chi connectivity index (χ0) is 5.82. The van der Waals surface area contributed by atoms with E-state index in [1.165, 1.54) is 0 Å². The Bertz CT molecular complexity index is 132. The molecule has 0 amide bonds. The summed E-state index contributed by atoms with van der Waals surface area (Å²) in [5.41, 5.74) is 0. The zero-order valence-corrected chi connectivity index (χ0v) is 4.76. The second kappa shape index (κ2) is 2.40. The first-order valence-corrected chi connectivity index (χ1v) is 2.58. The van der Waals surface area contributed by atoms with Crippen LogP contribution in [0, 0.1) is 0 Å². The van der Waals surface area contributed by atoms with Crippen LogP contribution in [-0.2, 0) is 0 Å². The van der Waals surface area contributed by atoms with Crippen molar-refractivity contribution in [3.8, 4) is 5.75 Å². The van der Waals surface area contributed by atoms with Crippen molar-refractivity contribution in [3.63, 3.8) is 0 Å². The molecule has 1 aromatic heterocycles. The Morgan fingerprint density at radius 1 is 1.75 bits per heavy atom. The molecule has 8 heavy (non-hydrogen) atoms. The van der Waals surface area contributed by atoms with E-state index in [1.807, 2.05) is 6.92 Å². The van der Waals surface area contributed by atoms with E-state index >= 15 is 0 Å². The molecule has 0 aliphatic carbocycles. The molecule has 0 aliphatic heterocycles. The van der Waals surface area contributed by atoms with Gasteiger partial charge in [-0.1, -0.05) is 0 Å². The Kier molecular flexibility index (Phi) is 1.57. The van der Waals surface area contributed by atoms with E-state index in [2.05, 4.69) is 0 Å². The molecule has 0 spiro atoms. The van der Waals surface area contributed by atoms with Crippen LogP contribution in [-0.4, -0.2) is 6.61 Å². The second-order valence-corrected chi connectivity index (χ2v) is 1.39. The van der Waals surface area contributed by atoms with Gasteiger partial charge in [0.25, 0.3) is 0 Å². The normalized spacial score (nSPS) is 9.12. The molecule has 0 radical (unpaired) electrons. The fourth-order valence-corrected chi connectivity index (χ4v) is 0.501. The quantitative estimate of drug-likeness (QED) is 0.580. The summed E-state index contributed by atoms with van der Waals surface area (Å²) >= 11 is 0. The molecule has 0 saturated heterocycles. The Hall–Kier alpha value is -0.920. The van der Waals surface area contributed by atoms with E-state index in [9.17, 15) is 0 Å².